The van der Waals surface area contributed by atoms with Gasteiger partial charge in [0.05, 0.1) is 6.20 Å². The summed E-state index contributed by atoms with van der Waals surface area (Å²) >= 11 is 0. The average Bonchev–Trinajstić information content (AvgIpc) is 2.75. The van der Waals surface area contributed by atoms with E-state index < -0.39 is 23.8 Å². The molecular weight excluding hydrogens is 420 g/mol. The number of carboxylic acid groups (broad SMARTS) is 1. The molecule has 166 valence electrons. The van der Waals surface area contributed by atoms with Crippen LogP contribution in [0.2, 0.25) is 0 Å². The zero-order valence-electron chi connectivity index (χ0n) is 16.6. The summed E-state index contributed by atoms with van der Waals surface area (Å²) in [7, 11) is 0. The number of hydrogen-bond donors (Lipinski definition) is 6. The molecule has 0 saturated carbocycles. The number of anilines is 2. The maximum atomic E-state index is 12.3. The van der Waals surface area contributed by atoms with Crippen molar-refractivity contribution in [1.82, 2.24) is 25.3 Å². The quantitative estimate of drug-likeness (QED) is 0.255. The van der Waals surface area contributed by atoms with Gasteiger partial charge in [0.1, 0.15) is 11.9 Å². The fourth-order valence-electron chi connectivity index (χ4n) is 2.75. The van der Waals surface area contributed by atoms with Crippen LogP contribution in [0.3, 0.4) is 0 Å². The number of carbonyl (C=O) groups is 3. The molecule has 0 aliphatic carbocycles. The third-order valence-corrected chi connectivity index (χ3v) is 4.38. The first kappa shape index (κ1) is 22.1. The van der Waals surface area contributed by atoms with Crippen molar-refractivity contribution in [3.05, 3.63) is 41.6 Å². The van der Waals surface area contributed by atoms with E-state index in [-0.39, 0.29) is 41.4 Å². The van der Waals surface area contributed by atoms with Crippen LogP contribution in [0.1, 0.15) is 28.8 Å². The Morgan fingerprint density at radius 3 is 2.47 bits per heavy atom. The number of aliphatic carboxylic acids is 1. The van der Waals surface area contributed by atoms with Crippen molar-refractivity contribution in [3.8, 4) is 5.88 Å². The Morgan fingerprint density at radius 1 is 1.09 bits per heavy atom. The molecule has 3 aromatic rings. The highest BCUT2D eigenvalue weighted by Gasteiger charge is 2.21. The minimum absolute atomic E-state index is 0.0977. The molecule has 2 heterocycles. The number of carbonyl (C=O) groups excluding carboxylic acids is 2. The zero-order valence-corrected chi connectivity index (χ0v) is 16.6. The van der Waals surface area contributed by atoms with Gasteiger partial charge in [0.15, 0.2) is 11.2 Å². The van der Waals surface area contributed by atoms with Crippen molar-refractivity contribution < 1.29 is 24.6 Å². The first-order valence-electron chi connectivity index (χ1n) is 9.37. The first-order chi connectivity index (χ1) is 15.2. The number of primary amides is 1. The van der Waals surface area contributed by atoms with Crippen molar-refractivity contribution >= 4 is 40.7 Å². The molecule has 32 heavy (non-hydrogen) atoms. The second kappa shape index (κ2) is 9.51. The van der Waals surface area contributed by atoms with E-state index in [1.54, 1.807) is 12.1 Å². The molecule has 0 spiro atoms. The van der Waals surface area contributed by atoms with Gasteiger partial charge in [-0.2, -0.15) is 9.97 Å². The highest BCUT2D eigenvalue weighted by Crippen LogP contribution is 2.20. The number of rotatable bonds is 9. The molecule has 8 N–H and O–H groups in total. The monoisotopic (exact) mass is 440 g/mol. The zero-order chi connectivity index (χ0) is 23.3. The van der Waals surface area contributed by atoms with Crippen molar-refractivity contribution in [1.29, 1.82) is 0 Å². The Bertz CT molecular complexity index is 1170. The summed E-state index contributed by atoms with van der Waals surface area (Å²) < 4.78 is 0. The molecule has 1 aromatic carbocycles. The van der Waals surface area contributed by atoms with Gasteiger partial charge < -0.3 is 32.3 Å². The minimum Gasteiger partial charge on any atom is -0.492 e. The Labute approximate surface area is 180 Å². The number of nitrogens with zero attached hydrogens (tertiary/aromatic N) is 4. The molecule has 1 atom stereocenters. The van der Waals surface area contributed by atoms with E-state index in [2.05, 4.69) is 30.6 Å². The van der Waals surface area contributed by atoms with Crippen LogP contribution in [0, 0.1) is 0 Å². The topological polar surface area (TPSA) is 219 Å². The highest BCUT2D eigenvalue weighted by molar-refractivity contribution is 5.96. The molecule has 3 rings (SSSR count). The fraction of sp³-hybridized carbons (Fsp3) is 0.211. The Kier molecular flexibility index (Phi) is 6.58. The number of amides is 2. The lowest BCUT2D eigenvalue weighted by Gasteiger charge is -2.14. The van der Waals surface area contributed by atoms with Crippen LogP contribution in [0.25, 0.3) is 11.2 Å². The summed E-state index contributed by atoms with van der Waals surface area (Å²) in [5, 5.41) is 24.4. The second-order valence-electron chi connectivity index (χ2n) is 6.75. The molecule has 0 fully saturated rings. The molecule has 0 radical (unpaired) electrons. The van der Waals surface area contributed by atoms with E-state index in [1.165, 1.54) is 18.3 Å². The van der Waals surface area contributed by atoms with Crippen LogP contribution in [-0.2, 0) is 16.1 Å². The highest BCUT2D eigenvalue weighted by atomic mass is 16.4. The maximum absolute atomic E-state index is 12.3. The van der Waals surface area contributed by atoms with Gasteiger partial charge in [0, 0.05) is 18.5 Å². The molecule has 0 saturated heterocycles. The lowest BCUT2D eigenvalue weighted by atomic mass is 10.1. The minimum atomic E-state index is -1.25. The number of aromatic nitrogens is 4. The molecule has 2 amide bonds. The van der Waals surface area contributed by atoms with Gasteiger partial charge in [0.2, 0.25) is 17.7 Å². The van der Waals surface area contributed by atoms with Gasteiger partial charge in [-0.1, -0.05) is 12.1 Å². The summed E-state index contributed by atoms with van der Waals surface area (Å²) in [5.74, 6) is -2.62. The summed E-state index contributed by atoms with van der Waals surface area (Å²) in [6, 6.07) is 5.20. The average molecular weight is 440 g/mol. The molecule has 1 unspecified atom stereocenters. The fourth-order valence-corrected chi connectivity index (χ4v) is 2.75. The Hall–Kier alpha value is -4.55. The van der Waals surface area contributed by atoms with Crippen LogP contribution in [0.15, 0.2) is 30.5 Å². The second-order valence-corrected chi connectivity index (χ2v) is 6.75. The molecule has 13 heteroatoms. The van der Waals surface area contributed by atoms with E-state index in [0.29, 0.717) is 12.4 Å². The Balaban J connectivity index is 1.62. The van der Waals surface area contributed by atoms with Crippen LogP contribution in [0.4, 0.5) is 11.8 Å². The number of hydrogen-bond acceptors (Lipinski definition) is 10. The van der Waals surface area contributed by atoms with Gasteiger partial charge in [-0.3, -0.25) is 9.59 Å². The summed E-state index contributed by atoms with van der Waals surface area (Å²) in [6.45, 7) is 0.328. The summed E-state index contributed by atoms with van der Waals surface area (Å²) in [5.41, 5.74) is 11.8. The van der Waals surface area contributed by atoms with E-state index in [9.17, 15) is 24.6 Å². The smallest absolute Gasteiger partial charge is 0.326 e. The molecule has 0 bridgehead atoms. The predicted molar refractivity (Wildman–Crippen MR) is 112 cm³/mol. The van der Waals surface area contributed by atoms with Crippen LogP contribution >= 0.6 is 0 Å². The van der Waals surface area contributed by atoms with Gasteiger partial charge >= 0.3 is 5.97 Å². The van der Waals surface area contributed by atoms with Gasteiger partial charge in [-0.25, -0.2) is 14.8 Å². The van der Waals surface area contributed by atoms with Crippen LogP contribution < -0.4 is 22.1 Å². The van der Waals surface area contributed by atoms with Gasteiger partial charge in [-0.15, -0.1) is 0 Å². The predicted octanol–water partition coefficient (Wildman–Crippen LogP) is -0.232. The molecule has 0 aliphatic rings. The van der Waals surface area contributed by atoms with Crippen molar-refractivity contribution in [2.75, 3.05) is 11.1 Å². The lowest BCUT2D eigenvalue weighted by molar-refractivity contribution is -0.139. The maximum Gasteiger partial charge on any atom is 0.326 e. The normalized spacial score (nSPS) is 11.6. The summed E-state index contributed by atoms with van der Waals surface area (Å²) in [4.78, 5) is 50.2. The standard InChI is InChI=1S/C19H20N8O5/c20-12(28)6-5-11(18(31)32)24-16(29)10-3-1-9(2-4-10)7-22-13-8-23-15-14(25-13)17(30)27-19(21)26-15/h1-4,8,11H,5-7H2,(H2,20,28)(H,22,25)(H,24,29)(H,31,32)(H3,21,23,26,27,30). The lowest BCUT2D eigenvalue weighted by Crippen LogP contribution is -2.41. The SMILES string of the molecule is NC(=O)CCC(NC(=O)c1ccc(CNc2cnc3nc(N)nc(O)c3n2)cc1)C(=O)O. The van der Waals surface area contributed by atoms with E-state index in [4.69, 9.17) is 11.5 Å². The van der Waals surface area contributed by atoms with Crippen molar-refractivity contribution in [2.24, 2.45) is 5.73 Å². The van der Waals surface area contributed by atoms with Gasteiger partial charge in [0.25, 0.3) is 5.91 Å². The molecule has 0 aliphatic heterocycles. The van der Waals surface area contributed by atoms with Crippen LogP contribution in [-0.4, -0.2) is 54.0 Å². The third kappa shape index (κ3) is 5.53. The van der Waals surface area contributed by atoms with Crippen molar-refractivity contribution in [2.45, 2.75) is 25.4 Å². The number of nitrogens with one attached hydrogen (secondary N) is 2. The van der Waals surface area contributed by atoms with E-state index in [1.807, 2.05) is 0 Å². The number of fused-ring (bicyclic) bond motifs is 1. The number of benzene rings is 1. The van der Waals surface area contributed by atoms with Gasteiger partial charge in [-0.05, 0) is 24.1 Å². The molecule has 13 nitrogen and oxygen atoms in total. The largest absolute Gasteiger partial charge is 0.492 e. The van der Waals surface area contributed by atoms with E-state index >= 15 is 0 Å². The number of nitrogen functional groups attached to an aromatic ring is 1. The van der Waals surface area contributed by atoms with E-state index in [0.717, 1.165) is 5.56 Å². The summed E-state index contributed by atoms with van der Waals surface area (Å²) in [6.07, 6.45) is 1.17. The molecule has 2 aromatic heterocycles. The molecular formula is C19H20N8O5. The Morgan fingerprint density at radius 2 is 1.81 bits per heavy atom. The van der Waals surface area contributed by atoms with Crippen molar-refractivity contribution in [3.63, 3.8) is 0 Å². The number of aromatic hydroxyl groups is 1. The number of carboxylic acids is 1. The first-order valence-corrected chi connectivity index (χ1v) is 9.37. The number of nitrogens with two attached hydrogens (primary N) is 2. The van der Waals surface area contributed by atoms with Crippen LogP contribution in [0.5, 0.6) is 5.88 Å². The third-order valence-electron chi connectivity index (χ3n) is 4.38.